The van der Waals surface area contributed by atoms with Gasteiger partial charge in [-0.1, -0.05) is 18.2 Å². The summed E-state index contributed by atoms with van der Waals surface area (Å²) in [7, 11) is 1.68. The predicted octanol–water partition coefficient (Wildman–Crippen LogP) is 2.20. The van der Waals surface area contributed by atoms with E-state index in [0.717, 1.165) is 0 Å². The van der Waals surface area contributed by atoms with E-state index in [2.05, 4.69) is 15.7 Å². The fraction of sp³-hybridized carbons (Fsp3) is 0.312. The van der Waals surface area contributed by atoms with Crippen LogP contribution < -0.4 is 10.6 Å². The van der Waals surface area contributed by atoms with Gasteiger partial charge in [-0.2, -0.15) is 5.10 Å². The van der Waals surface area contributed by atoms with Crippen LogP contribution in [0.3, 0.4) is 0 Å². The van der Waals surface area contributed by atoms with Gasteiger partial charge in [0.05, 0.1) is 0 Å². The van der Waals surface area contributed by atoms with Gasteiger partial charge in [0, 0.05) is 24.2 Å². The minimum atomic E-state index is -0.345. The van der Waals surface area contributed by atoms with Crippen LogP contribution in [0.25, 0.3) is 0 Å². The molecule has 0 aliphatic rings. The van der Waals surface area contributed by atoms with Gasteiger partial charge in [0.25, 0.3) is 11.8 Å². The van der Waals surface area contributed by atoms with Crippen molar-refractivity contribution in [1.29, 1.82) is 0 Å². The van der Waals surface area contributed by atoms with Crippen molar-refractivity contribution in [1.82, 2.24) is 15.1 Å². The summed E-state index contributed by atoms with van der Waals surface area (Å²) in [5.41, 5.74) is 0.465. The maximum absolute atomic E-state index is 12.1. The molecule has 0 bridgehead atoms. The summed E-state index contributed by atoms with van der Waals surface area (Å²) >= 11 is 0. The molecular weight excluding hydrogens is 280 g/mol. The Labute approximate surface area is 129 Å². The number of nitrogens with zero attached hydrogens (tertiary/aromatic N) is 2. The fourth-order valence-corrected chi connectivity index (χ4v) is 1.88. The number of rotatable bonds is 3. The van der Waals surface area contributed by atoms with Crippen molar-refractivity contribution in [2.45, 2.75) is 26.3 Å². The summed E-state index contributed by atoms with van der Waals surface area (Å²) in [6, 6.07) is 10.4. The molecule has 2 rings (SSSR count). The number of hydrogen-bond acceptors (Lipinski definition) is 3. The summed E-state index contributed by atoms with van der Waals surface area (Å²) in [4.78, 5) is 24.2. The first-order valence-corrected chi connectivity index (χ1v) is 6.99. The third-order valence-corrected chi connectivity index (χ3v) is 2.88. The number of carbonyl (C=O) groups excluding carboxylic acids is 2. The van der Waals surface area contributed by atoms with Crippen molar-refractivity contribution < 1.29 is 9.59 Å². The highest BCUT2D eigenvalue weighted by atomic mass is 16.2. The number of hydrogen-bond donors (Lipinski definition) is 2. The Kier molecular flexibility index (Phi) is 4.30. The third kappa shape index (κ3) is 3.94. The lowest BCUT2D eigenvalue weighted by Crippen LogP contribution is -2.40. The van der Waals surface area contributed by atoms with E-state index in [0.29, 0.717) is 11.4 Å². The zero-order valence-corrected chi connectivity index (χ0v) is 13.2. The van der Waals surface area contributed by atoms with Gasteiger partial charge in [0.1, 0.15) is 5.82 Å². The first kappa shape index (κ1) is 15.8. The Morgan fingerprint density at radius 2 is 1.73 bits per heavy atom. The smallest absolute Gasteiger partial charge is 0.272 e. The summed E-state index contributed by atoms with van der Waals surface area (Å²) < 4.78 is 1.47. The first-order chi connectivity index (χ1) is 10.3. The Morgan fingerprint density at radius 1 is 1.09 bits per heavy atom. The number of aryl methyl sites for hydroxylation is 1. The zero-order chi connectivity index (χ0) is 16.3. The number of amides is 2. The second kappa shape index (κ2) is 6.01. The average molecular weight is 300 g/mol. The number of aromatic nitrogens is 2. The molecular formula is C16H20N4O2. The van der Waals surface area contributed by atoms with Crippen LogP contribution in [0, 0.1) is 0 Å². The largest absolute Gasteiger partial charge is 0.346 e. The van der Waals surface area contributed by atoms with E-state index in [9.17, 15) is 9.59 Å². The van der Waals surface area contributed by atoms with Gasteiger partial charge in [-0.15, -0.1) is 0 Å². The second-order valence-corrected chi connectivity index (χ2v) is 6.06. The summed E-state index contributed by atoms with van der Waals surface area (Å²) in [5, 5.41) is 9.71. The van der Waals surface area contributed by atoms with E-state index in [1.165, 1.54) is 4.68 Å². The summed E-state index contributed by atoms with van der Waals surface area (Å²) in [6.07, 6.45) is 0. The van der Waals surface area contributed by atoms with Gasteiger partial charge < -0.3 is 10.6 Å². The third-order valence-electron chi connectivity index (χ3n) is 2.88. The molecule has 0 saturated carbocycles. The highest BCUT2D eigenvalue weighted by Crippen LogP contribution is 2.12. The number of benzene rings is 1. The molecule has 2 amide bonds. The van der Waals surface area contributed by atoms with Crippen LogP contribution in [0.5, 0.6) is 0 Å². The van der Waals surface area contributed by atoms with E-state index < -0.39 is 0 Å². The molecule has 0 saturated heterocycles. The van der Waals surface area contributed by atoms with Crippen molar-refractivity contribution in [3.05, 3.63) is 47.7 Å². The number of carbonyl (C=O) groups is 2. The molecule has 0 atom stereocenters. The van der Waals surface area contributed by atoms with Gasteiger partial charge in [0.15, 0.2) is 5.69 Å². The van der Waals surface area contributed by atoms with Crippen LogP contribution in [0.4, 0.5) is 5.82 Å². The Balaban J connectivity index is 2.13. The molecule has 0 radical (unpaired) electrons. The standard InChI is InChI=1S/C16H20N4O2/c1-16(2,3)18-15(22)12-10-13(20(4)19-12)17-14(21)11-8-6-5-7-9-11/h5-10H,1-4H3,(H,17,21)(H,18,22). The van der Waals surface area contributed by atoms with Crippen LogP contribution in [0.15, 0.2) is 36.4 Å². The van der Waals surface area contributed by atoms with Crippen LogP contribution in [0.2, 0.25) is 0 Å². The summed E-state index contributed by atoms with van der Waals surface area (Å²) in [5.74, 6) is -0.0531. The summed E-state index contributed by atoms with van der Waals surface area (Å²) in [6.45, 7) is 5.68. The predicted molar refractivity (Wildman–Crippen MR) is 84.8 cm³/mol. The van der Waals surface area contributed by atoms with E-state index in [4.69, 9.17) is 0 Å². The molecule has 0 unspecified atom stereocenters. The molecule has 0 aliphatic heterocycles. The minimum Gasteiger partial charge on any atom is -0.346 e. The van der Waals surface area contributed by atoms with Crippen molar-refractivity contribution in [3.63, 3.8) is 0 Å². The normalized spacial score (nSPS) is 11.1. The molecule has 2 aromatic rings. The topological polar surface area (TPSA) is 76.0 Å². The maximum Gasteiger partial charge on any atom is 0.272 e. The van der Waals surface area contributed by atoms with Gasteiger partial charge >= 0.3 is 0 Å². The quantitative estimate of drug-likeness (QED) is 0.912. The molecule has 0 spiro atoms. The highest BCUT2D eigenvalue weighted by Gasteiger charge is 2.19. The van der Waals surface area contributed by atoms with E-state index in [-0.39, 0.29) is 23.0 Å². The lowest BCUT2D eigenvalue weighted by Gasteiger charge is -2.19. The van der Waals surface area contributed by atoms with Gasteiger partial charge in [-0.3, -0.25) is 14.3 Å². The molecule has 0 aliphatic carbocycles. The second-order valence-electron chi connectivity index (χ2n) is 6.06. The number of nitrogens with one attached hydrogen (secondary N) is 2. The molecule has 0 fully saturated rings. The fourth-order valence-electron chi connectivity index (χ4n) is 1.88. The van der Waals surface area contributed by atoms with Crippen molar-refractivity contribution in [2.75, 3.05) is 5.32 Å². The molecule has 22 heavy (non-hydrogen) atoms. The molecule has 1 aromatic heterocycles. The van der Waals surface area contributed by atoms with E-state index in [1.54, 1.807) is 37.4 Å². The maximum atomic E-state index is 12.1. The zero-order valence-electron chi connectivity index (χ0n) is 13.2. The average Bonchev–Trinajstić information content (AvgIpc) is 2.79. The Bertz CT molecular complexity index is 684. The van der Waals surface area contributed by atoms with Crippen molar-refractivity contribution in [2.24, 2.45) is 7.05 Å². The molecule has 2 N–H and O–H groups in total. The molecule has 6 nitrogen and oxygen atoms in total. The van der Waals surface area contributed by atoms with Crippen LogP contribution in [-0.4, -0.2) is 27.1 Å². The van der Waals surface area contributed by atoms with Crippen molar-refractivity contribution >= 4 is 17.6 Å². The van der Waals surface area contributed by atoms with Crippen LogP contribution in [0.1, 0.15) is 41.6 Å². The SMILES string of the molecule is Cn1nc(C(=O)NC(C)(C)C)cc1NC(=O)c1ccccc1. The molecule has 1 aromatic carbocycles. The van der Waals surface area contributed by atoms with E-state index >= 15 is 0 Å². The first-order valence-electron chi connectivity index (χ1n) is 6.99. The van der Waals surface area contributed by atoms with Crippen LogP contribution in [-0.2, 0) is 7.05 Å². The lowest BCUT2D eigenvalue weighted by atomic mass is 10.1. The number of anilines is 1. The molecule has 1 heterocycles. The van der Waals surface area contributed by atoms with Gasteiger partial charge in [-0.25, -0.2) is 0 Å². The highest BCUT2D eigenvalue weighted by molar-refractivity contribution is 6.04. The lowest BCUT2D eigenvalue weighted by molar-refractivity contribution is 0.0913. The van der Waals surface area contributed by atoms with Crippen molar-refractivity contribution in [3.8, 4) is 0 Å². The monoisotopic (exact) mass is 300 g/mol. The van der Waals surface area contributed by atoms with Gasteiger partial charge in [0.2, 0.25) is 0 Å². The molecule has 6 heteroatoms. The molecule has 116 valence electrons. The van der Waals surface area contributed by atoms with Gasteiger partial charge in [-0.05, 0) is 32.9 Å². The minimum absolute atomic E-state index is 0.244. The Morgan fingerprint density at radius 3 is 2.32 bits per heavy atom. The van der Waals surface area contributed by atoms with E-state index in [1.807, 2.05) is 26.8 Å². The van der Waals surface area contributed by atoms with Crippen LogP contribution >= 0.6 is 0 Å². The Hall–Kier alpha value is -2.63.